The molecule has 4 heteroatoms. The normalized spacial score (nSPS) is 10.0. The van der Waals surface area contributed by atoms with Crippen LogP contribution >= 0.6 is 0 Å². The van der Waals surface area contributed by atoms with E-state index < -0.39 is 5.97 Å². The summed E-state index contributed by atoms with van der Waals surface area (Å²) in [4.78, 5) is 14.9. The van der Waals surface area contributed by atoms with E-state index >= 15 is 0 Å². The highest BCUT2D eigenvalue weighted by molar-refractivity contribution is 5.88. The molecule has 82 valence electrons. The molecule has 0 aliphatic carbocycles. The van der Waals surface area contributed by atoms with Crippen molar-refractivity contribution in [2.45, 2.75) is 26.7 Å². The monoisotopic (exact) mass is 208 g/mol. The average Bonchev–Trinajstić information content (AvgIpc) is 2.17. The number of nitrogens with one attached hydrogen (secondary N) is 1. The van der Waals surface area contributed by atoms with Crippen molar-refractivity contribution in [2.75, 3.05) is 11.9 Å². The Kier molecular flexibility index (Phi) is 4.09. The summed E-state index contributed by atoms with van der Waals surface area (Å²) in [6.07, 6.45) is 2.21. The topological polar surface area (TPSA) is 62.2 Å². The molecule has 1 aromatic rings. The molecule has 0 fully saturated rings. The molecule has 0 unspecified atom stereocenters. The molecule has 0 atom stereocenters. The molecule has 4 nitrogen and oxygen atoms in total. The summed E-state index contributed by atoms with van der Waals surface area (Å²) in [7, 11) is 0. The van der Waals surface area contributed by atoms with E-state index in [0.29, 0.717) is 5.69 Å². The van der Waals surface area contributed by atoms with Crippen molar-refractivity contribution in [1.82, 2.24) is 4.98 Å². The van der Waals surface area contributed by atoms with Gasteiger partial charge in [0.1, 0.15) is 5.82 Å². The number of nitrogens with zero attached hydrogens (tertiary/aromatic N) is 1. The lowest BCUT2D eigenvalue weighted by Crippen LogP contribution is -2.06. The molecule has 0 saturated heterocycles. The number of aryl methyl sites for hydroxylation is 1. The molecule has 0 bridgehead atoms. The van der Waals surface area contributed by atoms with Gasteiger partial charge in [-0.25, -0.2) is 9.78 Å². The van der Waals surface area contributed by atoms with Crippen LogP contribution in [0.2, 0.25) is 0 Å². The van der Waals surface area contributed by atoms with Crippen LogP contribution < -0.4 is 5.32 Å². The van der Waals surface area contributed by atoms with Crippen LogP contribution in [0.1, 0.15) is 35.8 Å². The second-order valence-electron chi connectivity index (χ2n) is 3.41. The third-order valence-electron chi connectivity index (χ3n) is 2.15. The molecule has 0 saturated carbocycles. The number of unbranched alkanes of at least 4 members (excludes halogenated alkanes) is 1. The fourth-order valence-corrected chi connectivity index (χ4v) is 1.28. The lowest BCUT2D eigenvalue weighted by Gasteiger charge is -2.06. The van der Waals surface area contributed by atoms with Gasteiger partial charge in [0.15, 0.2) is 0 Å². The fourth-order valence-electron chi connectivity index (χ4n) is 1.28. The van der Waals surface area contributed by atoms with Gasteiger partial charge in [0.25, 0.3) is 0 Å². The molecular formula is C11H16N2O2. The quantitative estimate of drug-likeness (QED) is 0.729. The second kappa shape index (κ2) is 5.34. The standard InChI is InChI=1S/C11H16N2O2/c1-3-4-7-12-10-6-5-9(11(14)15)8(2)13-10/h5-6H,3-4,7H2,1-2H3,(H,12,13)(H,14,15). The highest BCUT2D eigenvalue weighted by Gasteiger charge is 2.07. The number of carbonyl (C=O) groups is 1. The predicted molar refractivity (Wildman–Crippen MR) is 59.3 cm³/mol. The highest BCUT2D eigenvalue weighted by atomic mass is 16.4. The van der Waals surface area contributed by atoms with Crippen molar-refractivity contribution in [3.63, 3.8) is 0 Å². The molecule has 0 aliphatic heterocycles. The van der Waals surface area contributed by atoms with Crippen molar-refractivity contribution in [3.05, 3.63) is 23.4 Å². The third kappa shape index (κ3) is 3.23. The number of carboxylic acid groups (broad SMARTS) is 1. The van der Waals surface area contributed by atoms with E-state index in [9.17, 15) is 4.79 Å². The number of pyridine rings is 1. The van der Waals surface area contributed by atoms with Crippen molar-refractivity contribution in [2.24, 2.45) is 0 Å². The van der Waals surface area contributed by atoms with Gasteiger partial charge < -0.3 is 10.4 Å². The van der Waals surface area contributed by atoms with E-state index in [-0.39, 0.29) is 5.56 Å². The molecule has 0 amide bonds. The Hall–Kier alpha value is -1.58. The largest absolute Gasteiger partial charge is 0.478 e. The second-order valence-corrected chi connectivity index (χ2v) is 3.41. The molecule has 1 rings (SSSR count). The van der Waals surface area contributed by atoms with E-state index in [0.717, 1.165) is 25.2 Å². The van der Waals surface area contributed by atoms with E-state index in [2.05, 4.69) is 17.2 Å². The SMILES string of the molecule is CCCCNc1ccc(C(=O)O)c(C)n1. The number of aromatic nitrogens is 1. The van der Waals surface area contributed by atoms with E-state index in [1.807, 2.05) is 0 Å². The van der Waals surface area contributed by atoms with Gasteiger partial charge in [-0.15, -0.1) is 0 Å². The average molecular weight is 208 g/mol. The Morgan fingerprint density at radius 3 is 2.80 bits per heavy atom. The van der Waals surface area contributed by atoms with Crippen molar-refractivity contribution in [3.8, 4) is 0 Å². The lowest BCUT2D eigenvalue weighted by atomic mass is 10.2. The fraction of sp³-hybridized carbons (Fsp3) is 0.455. The van der Waals surface area contributed by atoms with E-state index in [4.69, 9.17) is 5.11 Å². The highest BCUT2D eigenvalue weighted by Crippen LogP contribution is 2.10. The van der Waals surface area contributed by atoms with Crippen molar-refractivity contribution < 1.29 is 9.90 Å². The van der Waals surface area contributed by atoms with Crippen LogP contribution in [-0.4, -0.2) is 22.6 Å². The molecule has 1 aromatic heterocycles. The smallest absolute Gasteiger partial charge is 0.337 e. The Labute approximate surface area is 89.3 Å². The summed E-state index contributed by atoms with van der Waals surface area (Å²) in [6.45, 7) is 4.69. The summed E-state index contributed by atoms with van der Waals surface area (Å²) in [6, 6.07) is 3.28. The first-order valence-electron chi connectivity index (χ1n) is 5.10. The van der Waals surface area contributed by atoms with Crippen molar-refractivity contribution >= 4 is 11.8 Å². The molecular weight excluding hydrogens is 192 g/mol. The number of hydrogen-bond acceptors (Lipinski definition) is 3. The van der Waals surface area contributed by atoms with Gasteiger partial charge in [0, 0.05) is 6.54 Å². The first-order chi connectivity index (χ1) is 7.15. The van der Waals surface area contributed by atoms with Crippen LogP contribution in [0.25, 0.3) is 0 Å². The van der Waals surface area contributed by atoms with Gasteiger partial charge >= 0.3 is 5.97 Å². The van der Waals surface area contributed by atoms with Crippen LogP contribution in [-0.2, 0) is 0 Å². The molecule has 15 heavy (non-hydrogen) atoms. The number of hydrogen-bond donors (Lipinski definition) is 2. The zero-order valence-electron chi connectivity index (χ0n) is 9.08. The Morgan fingerprint density at radius 1 is 1.53 bits per heavy atom. The van der Waals surface area contributed by atoms with Gasteiger partial charge in [0.2, 0.25) is 0 Å². The molecule has 0 aromatic carbocycles. The Morgan fingerprint density at radius 2 is 2.27 bits per heavy atom. The van der Waals surface area contributed by atoms with E-state index in [1.54, 1.807) is 19.1 Å². The van der Waals surface area contributed by atoms with Crippen LogP contribution in [0.5, 0.6) is 0 Å². The minimum Gasteiger partial charge on any atom is -0.478 e. The maximum Gasteiger partial charge on any atom is 0.337 e. The lowest BCUT2D eigenvalue weighted by molar-refractivity contribution is 0.0695. The predicted octanol–water partition coefficient (Wildman–Crippen LogP) is 2.30. The summed E-state index contributed by atoms with van der Waals surface area (Å²) in [5, 5.41) is 12.0. The summed E-state index contributed by atoms with van der Waals surface area (Å²) < 4.78 is 0. The van der Waals surface area contributed by atoms with Gasteiger partial charge in [-0.2, -0.15) is 0 Å². The Bertz CT molecular complexity index is 350. The third-order valence-corrected chi connectivity index (χ3v) is 2.15. The Balaban J connectivity index is 2.69. The molecule has 0 spiro atoms. The first kappa shape index (κ1) is 11.5. The van der Waals surface area contributed by atoms with E-state index in [1.165, 1.54) is 0 Å². The van der Waals surface area contributed by atoms with Crippen LogP contribution in [0.3, 0.4) is 0 Å². The molecule has 2 N–H and O–H groups in total. The van der Waals surface area contributed by atoms with Gasteiger partial charge in [-0.3, -0.25) is 0 Å². The van der Waals surface area contributed by atoms with Gasteiger partial charge in [-0.1, -0.05) is 13.3 Å². The van der Waals surface area contributed by atoms with Gasteiger partial charge in [0.05, 0.1) is 11.3 Å². The first-order valence-corrected chi connectivity index (χ1v) is 5.10. The molecule has 1 heterocycles. The number of aromatic carboxylic acids is 1. The molecule has 0 radical (unpaired) electrons. The zero-order valence-corrected chi connectivity index (χ0v) is 9.08. The van der Waals surface area contributed by atoms with Crippen molar-refractivity contribution in [1.29, 1.82) is 0 Å². The summed E-state index contributed by atoms with van der Waals surface area (Å²) in [5.41, 5.74) is 0.806. The summed E-state index contributed by atoms with van der Waals surface area (Å²) >= 11 is 0. The number of rotatable bonds is 5. The van der Waals surface area contributed by atoms with Crippen LogP contribution in [0.4, 0.5) is 5.82 Å². The van der Waals surface area contributed by atoms with Crippen LogP contribution in [0.15, 0.2) is 12.1 Å². The maximum absolute atomic E-state index is 10.7. The maximum atomic E-state index is 10.7. The van der Waals surface area contributed by atoms with Gasteiger partial charge in [-0.05, 0) is 25.5 Å². The zero-order chi connectivity index (χ0) is 11.3. The molecule has 0 aliphatic rings. The number of carboxylic acids is 1. The number of anilines is 1. The minimum absolute atomic E-state index is 0.260. The minimum atomic E-state index is -0.930. The van der Waals surface area contributed by atoms with Crippen LogP contribution in [0, 0.1) is 6.92 Å². The summed E-state index contributed by atoms with van der Waals surface area (Å²) in [5.74, 6) is -0.189.